The standard InChI is InChI=1S/C7H14O2Si/c1-5-6-10(3,4)9-7(2)8/h5H,1,6H2,2-4H3. The van der Waals surface area contributed by atoms with Gasteiger partial charge >= 0.3 is 0 Å². The van der Waals surface area contributed by atoms with Crippen molar-refractivity contribution in [3.05, 3.63) is 12.7 Å². The lowest BCUT2D eigenvalue weighted by atomic mass is 10.8. The van der Waals surface area contributed by atoms with Crippen LogP contribution in [0.2, 0.25) is 19.1 Å². The highest BCUT2D eigenvalue weighted by Gasteiger charge is 2.23. The zero-order valence-electron chi connectivity index (χ0n) is 6.81. The maximum absolute atomic E-state index is 10.5. The van der Waals surface area contributed by atoms with Crippen molar-refractivity contribution in [2.75, 3.05) is 0 Å². The van der Waals surface area contributed by atoms with Crippen LogP contribution in [0, 0.1) is 0 Å². The van der Waals surface area contributed by atoms with Crippen molar-refractivity contribution in [2.24, 2.45) is 0 Å². The summed E-state index contributed by atoms with van der Waals surface area (Å²) >= 11 is 0. The van der Waals surface area contributed by atoms with Gasteiger partial charge in [-0.2, -0.15) is 0 Å². The average Bonchev–Trinajstić information content (AvgIpc) is 1.59. The van der Waals surface area contributed by atoms with Gasteiger partial charge in [0.1, 0.15) is 0 Å². The Labute approximate surface area is 63.0 Å². The molecule has 0 N–H and O–H groups in total. The molecule has 0 fully saturated rings. The molecular weight excluding hydrogens is 144 g/mol. The summed E-state index contributed by atoms with van der Waals surface area (Å²) in [7, 11) is -1.73. The minimum Gasteiger partial charge on any atom is -0.519 e. The summed E-state index contributed by atoms with van der Waals surface area (Å²) in [5, 5.41) is 0. The third-order valence-electron chi connectivity index (χ3n) is 1.06. The number of rotatable bonds is 3. The molecule has 0 heterocycles. The molecule has 2 nitrogen and oxygen atoms in total. The molecule has 0 radical (unpaired) electrons. The van der Waals surface area contributed by atoms with Crippen molar-refractivity contribution in [1.29, 1.82) is 0 Å². The SMILES string of the molecule is C=CC[Si](C)(C)OC(C)=O. The summed E-state index contributed by atoms with van der Waals surface area (Å²) in [5.41, 5.74) is 0. The Morgan fingerprint density at radius 3 is 2.50 bits per heavy atom. The Kier molecular flexibility index (Phi) is 3.36. The molecule has 0 amide bonds. The highest BCUT2D eigenvalue weighted by molar-refractivity contribution is 6.72. The Hall–Kier alpha value is -0.573. The molecule has 0 atom stereocenters. The van der Waals surface area contributed by atoms with Crippen LogP contribution in [-0.4, -0.2) is 14.3 Å². The highest BCUT2D eigenvalue weighted by atomic mass is 28.4. The van der Waals surface area contributed by atoms with Gasteiger partial charge in [-0.1, -0.05) is 6.08 Å². The van der Waals surface area contributed by atoms with Gasteiger partial charge in [0, 0.05) is 6.92 Å². The smallest absolute Gasteiger partial charge is 0.289 e. The summed E-state index contributed by atoms with van der Waals surface area (Å²) < 4.78 is 5.11. The van der Waals surface area contributed by atoms with E-state index in [1.54, 1.807) is 6.08 Å². The summed E-state index contributed by atoms with van der Waals surface area (Å²) in [6, 6.07) is 0.826. The van der Waals surface area contributed by atoms with Crippen molar-refractivity contribution < 1.29 is 9.22 Å². The first-order valence-electron chi connectivity index (χ1n) is 3.28. The molecule has 0 aliphatic carbocycles. The molecule has 0 aromatic carbocycles. The molecule has 0 bridgehead atoms. The molecule has 0 unspecified atom stereocenters. The lowest BCUT2D eigenvalue weighted by Crippen LogP contribution is -2.31. The van der Waals surface area contributed by atoms with Gasteiger partial charge in [0.05, 0.1) is 0 Å². The number of hydrogen-bond donors (Lipinski definition) is 0. The predicted octanol–water partition coefficient (Wildman–Crippen LogP) is 1.94. The van der Waals surface area contributed by atoms with Crippen molar-refractivity contribution in [3.8, 4) is 0 Å². The molecular formula is C7H14O2Si. The lowest BCUT2D eigenvalue weighted by Gasteiger charge is -2.19. The second kappa shape index (κ2) is 3.56. The van der Waals surface area contributed by atoms with Gasteiger partial charge in [-0.15, -0.1) is 6.58 Å². The fraction of sp³-hybridized carbons (Fsp3) is 0.571. The average molecular weight is 158 g/mol. The number of allylic oxidation sites excluding steroid dienone is 1. The quantitative estimate of drug-likeness (QED) is 0.463. The Bertz CT molecular complexity index is 141. The molecule has 3 heteroatoms. The van der Waals surface area contributed by atoms with E-state index in [0.717, 1.165) is 6.04 Å². The van der Waals surface area contributed by atoms with E-state index in [2.05, 4.69) is 6.58 Å². The van der Waals surface area contributed by atoms with E-state index in [9.17, 15) is 4.79 Å². The van der Waals surface area contributed by atoms with E-state index in [4.69, 9.17) is 4.43 Å². The number of carbonyl (C=O) groups excluding carboxylic acids is 1. The fourth-order valence-corrected chi connectivity index (χ4v) is 2.34. The van der Waals surface area contributed by atoms with E-state index < -0.39 is 8.32 Å². The number of carbonyl (C=O) groups is 1. The Morgan fingerprint density at radius 1 is 1.70 bits per heavy atom. The highest BCUT2D eigenvalue weighted by Crippen LogP contribution is 2.10. The van der Waals surface area contributed by atoms with E-state index in [0.29, 0.717) is 0 Å². The molecule has 58 valence electrons. The minimum absolute atomic E-state index is 0.182. The molecule has 0 aliphatic rings. The molecule has 10 heavy (non-hydrogen) atoms. The molecule has 0 saturated heterocycles. The molecule has 0 aromatic heterocycles. The van der Waals surface area contributed by atoms with Gasteiger partial charge in [0.2, 0.25) is 0 Å². The van der Waals surface area contributed by atoms with Crippen LogP contribution in [0.3, 0.4) is 0 Å². The first-order chi connectivity index (χ1) is 4.48. The maximum atomic E-state index is 10.5. The first kappa shape index (κ1) is 9.43. The first-order valence-corrected chi connectivity index (χ1v) is 6.40. The topological polar surface area (TPSA) is 26.3 Å². The van der Waals surface area contributed by atoms with Gasteiger partial charge in [-0.05, 0) is 19.1 Å². The Morgan fingerprint density at radius 2 is 2.20 bits per heavy atom. The van der Waals surface area contributed by atoms with E-state index in [1.165, 1.54) is 6.92 Å². The second-order valence-electron chi connectivity index (χ2n) is 2.85. The van der Waals surface area contributed by atoms with Crippen LogP contribution in [0.1, 0.15) is 6.92 Å². The zero-order chi connectivity index (χ0) is 8.20. The largest absolute Gasteiger partial charge is 0.519 e. The van der Waals surface area contributed by atoms with Crippen LogP contribution in [0.4, 0.5) is 0 Å². The third kappa shape index (κ3) is 4.32. The molecule has 0 spiro atoms. The summed E-state index contributed by atoms with van der Waals surface area (Å²) in [5.74, 6) is -0.182. The van der Waals surface area contributed by atoms with Gasteiger partial charge < -0.3 is 4.43 Å². The van der Waals surface area contributed by atoms with E-state index in [-0.39, 0.29) is 5.97 Å². The fourth-order valence-electron chi connectivity index (χ4n) is 0.778. The minimum atomic E-state index is -1.73. The zero-order valence-corrected chi connectivity index (χ0v) is 7.81. The summed E-state index contributed by atoms with van der Waals surface area (Å²) in [6.45, 7) is 9.03. The second-order valence-corrected chi connectivity index (χ2v) is 6.98. The molecule has 0 aliphatic heterocycles. The third-order valence-corrected chi connectivity index (χ3v) is 3.17. The van der Waals surface area contributed by atoms with E-state index >= 15 is 0 Å². The van der Waals surface area contributed by atoms with Crippen LogP contribution < -0.4 is 0 Å². The maximum Gasteiger partial charge on any atom is 0.289 e. The van der Waals surface area contributed by atoms with Crippen LogP contribution in [0.5, 0.6) is 0 Å². The predicted molar refractivity (Wildman–Crippen MR) is 44.3 cm³/mol. The normalized spacial score (nSPS) is 10.7. The van der Waals surface area contributed by atoms with Crippen molar-refractivity contribution in [1.82, 2.24) is 0 Å². The Balaban J connectivity index is 3.85. The van der Waals surface area contributed by atoms with Gasteiger partial charge in [-0.3, -0.25) is 4.79 Å². The van der Waals surface area contributed by atoms with Crippen LogP contribution in [0.15, 0.2) is 12.7 Å². The van der Waals surface area contributed by atoms with Crippen molar-refractivity contribution in [3.63, 3.8) is 0 Å². The number of hydrogen-bond acceptors (Lipinski definition) is 2. The molecule has 0 rings (SSSR count). The lowest BCUT2D eigenvalue weighted by molar-refractivity contribution is -0.132. The monoisotopic (exact) mass is 158 g/mol. The van der Waals surface area contributed by atoms with Crippen LogP contribution in [0.25, 0.3) is 0 Å². The van der Waals surface area contributed by atoms with Crippen molar-refractivity contribution in [2.45, 2.75) is 26.1 Å². The van der Waals surface area contributed by atoms with Crippen LogP contribution >= 0.6 is 0 Å². The van der Waals surface area contributed by atoms with Gasteiger partial charge in [0.25, 0.3) is 14.3 Å². The molecule has 0 saturated carbocycles. The van der Waals surface area contributed by atoms with Crippen molar-refractivity contribution >= 4 is 14.3 Å². The van der Waals surface area contributed by atoms with Gasteiger partial charge in [-0.25, -0.2) is 0 Å². The van der Waals surface area contributed by atoms with E-state index in [1.807, 2.05) is 13.1 Å². The molecule has 0 aromatic rings. The summed E-state index contributed by atoms with van der Waals surface area (Å²) in [6.07, 6.45) is 1.80. The summed E-state index contributed by atoms with van der Waals surface area (Å²) in [4.78, 5) is 10.5. The van der Waals surface area contributed by atoms with Gasteiger partial charge in [0.15, 0.2) is 0 Å². The van der Waals surface area contributed by atoms with Crippen LogP contribution in [-0.2, 0) is 9.22 Å².